The van der Waals surface area contributed by atoms with Crippen LogP contribution in [0.5, 0.6) is 5.75 Å². The molecule has 2 rings (SSSR count). The smallest absolute Gasteiger partial charge is 0.130 e. The molecule has 1 aromatic carbocycles. The lowest BCUT2D eigenvalue weighted by atomic mass is 9.64. The van der Waals surface area contributed by atoms with Crippen molar-refractivity contribution in [1.82, 2.24) is 0 Å². The van der Waals surface area contributed by atoms with E-state index in [0.717, 1.165) is 18.4 Å². The fourth-order valence-corrected chi connectivity index (χ4v) is 3.62. The van der Waals surface area contributed by atoms with E-state index >= 15 is 0 Å². The van der Waals surface area contributed by atoms with Gasteiger partial charge < -0.3 is 10.5 Å². The summed E-state index contributed by atoms with van der Waals surface area (Å²) in [5, 5.41) is 0. The fourth-order valence-electron chi connectivity index (χ4n) is 3.62. The van der Waals surface area contributed by atoms with Crippen molar-refractivity contribution in [3.8, 4) is 5.75 Å². The van der Waals surface area contributed by atoms with Crippen LogP contribution in [0.2, 0.25) is 0 Å². The summed E-state index contributed by atoms with van der Waals surface area (Å²) in [7, 11) is 1.56. The monoisotopic (exact) mass is 293 g/mol. The van der Waals surface area contributed by atoms with Crippen molar-refractivity contribution in [3.63, 3.8) is 0 Å². The van der Waals surface area contributed by atoms with Crippen molar-refractivity contribution in [2.24, 2.45) is 23.0 Å². The van der Waals surface area contributed by atoms with Crippen LogP contribution in [0.4, 0.5) is 4.39 Å². The Bertz CT molecular complexity index is 481. The molecule has 3 heteroatoms. The molecule has 1 saturated carbocycles. The number of nitrogens with two attached hydrogens (primary N) is 1. The van der Waals surface area contributed by atoms with Crippen LogP contribution in [0.3, 0.4) is 0 Å². The molecule has 0 spiro atoms. The summed E-state index contributed by atoms with van der Waals surface area (Å²) in [4.78, 5) is 0. The Labute approximate surface area is 127 Å². The van der Waals surface area contributed by atoms with Crippen LogP contribution in [0, 0.1) is 23.1 Å². The molecule has 3 atom stereocenters. The van der Waals surface area contributed by atoms with E-state index in [0.29, 0.717) is 24.1 Å². The molecule has 1 aromatic rings. The summed E-state index contributed by atoms with van der Waals surface area (Å²) in [6.07, 6.45) is 3.31. The van der Waals surface area contributed by atoms with Crippen molar-refractivity contribution in [3.05, 3.63) is 29.6 Å². The molecular weight excluding hydrogens is 265 g/mol. The van der Waals surface area contributed by atoms with Crippen LogP contribution in [-0.4, -0.2) is 13.7 Å². The maximum absolute atomic E-state index is 14.4. The van der Waals surface area contributed by atoms with Gasteiger partial charge in [-0.1, -0.05) is 26.8 Å². The standard InChI is InChI=1S/C18H28FNO/c1-18(2,3)13-6-5-12(11-20)16(9-13)15-8-7-14(21-4)10-17(15)19/h7-8,10,12-13,16H,5-6,9,11,20H2,1-4H3. The number of methoxy groups -OCH3 is 1. The maximum atomic E-state index is 14.4. The highest BCUT2D eigenvalue weighted by molar-refractivity contribution is 5.32. The van der Waals surface area contributed by atoms with E-state index in [1.807, 2.05) is 12.1 Å². The average Bonchev–Trinajstić information content (AvgIpc) is 2.45. The topological polar surface area (TPSA) is 35.2 Å². The fraction of sp³-hybridized carbons (Fsp3) is 0.667. The molecule has 1 fully saturated rings. The molecule has 0 saturated heterocycles. The summed E-state index contributed by atoms with van der Waals surface area (Å²) < 4.78 is 19.5. The van der Waals surface area contributed by atoms with Crippen molar-refractivity contribution in [2.45, 2.75) is 46.0 Å². The molecule has 0 aromatic heterocycles. The predicted molar refractivity (Wildman–Crippen MR) is 85.0 cm³/mol. The number of ether oxygens (including phenoxy) is 1. The molecule has 118 valence electrons. The second kappa shape index (κ2) is 6.35. The van der Waals surface area contributed by atoms with Gasteiger partial charge in [-0.25, -0.2) is 4.39 Å². The Morgan fingerprint density at radius 2 is 2.00 bits per heavy atom. The number of hydrogen-bond donors (Lipinski definition) is 1. The minimum Gasteiger partial charge on any atom is -0.497 e. The lowest BCUT2D eigenvalue weighted by Crippen LogP contribution is -2.34. The number of hydrogen-bond acceptors (Lipinski definition) is 2. The van der Waals surface area contributed by atoms with Crippen molar-refractivity contribution < 1.29 is 9.13 Å². The quantitative estimate of drug-likeness (QED) is 0.899. The molecule has 2 N–H and O–H groups in total. The van der Waals surface area contributed by atoms with Gasteiger partial charge in [0, 0.05) is 6.07 Å². The van der Waals surface area contributed by atoms with Gasteiger partial charge in [0.1, 0.15) is 11.6 Å². The third-order valence-electron chi connectivity index (χ3n) is 5.13. The van der Waals surface area contributed by atoms with Gasteiger partial charge in [-0.05, 0) is 60.6 Å². The molecule has 0 bridgehead atoms. The zero-order valence-corrected chi connectivity index (χ0v) is 13.7. The molecule has 0 amide bonds. The van der Waals surface area contributed by atoms with E-state index in [1.54, 1.807) is 7.11 Å². The number of halogens is 1. The third-order valence-corrected chi connectivity index (χ3v) is 5.13. The first-order chi connectivity index (χ1) is 9.86. The van der Waals surface area contributed by atoms with Gasteiger partial charge in [0.25, 0.3) is 0 Å². The summed E-state index contributed by atoms with van der Waals surface area (Å²) in [6, 6.07) is 5.23. The zero-order valence-electron chi connectivity index (χ0n) is 13.7. The summed E-state index contributed by atoms with van der Waals surface area (Å²) in [5.74, 6) is 1.63. The van der Waals surface area contributed by atoms with Gasteiger partial charge in [-0.2, -0.15) is 0 Å². The number of rotatable bonds is 3. The highest BCUT2D eigenvalue weighted by atomic mass is 19.1. The largest absolute Gasteiger partial charge is 0.497 e. The number of benzene rings is 1. The first-order valence-corrected chi connectivity index (χ1v) is 7.90. The molecule has 0 aliphatic heterocycles. The van der Waals surface area contributed by atoms with Crippen molar-refractivity contribution >= 4 is 0 Å². The minimum atomic E-state index is -0.160. The maximum Gasteiger partial charge on any atom is 0.130 e. The van der Waals surface area contributed by atoms with E-state index in [2.05, 4.69) is 20.8 Å². The molecule has 1 aliphatic rings. The van der Waals surface area contributed by atoms with Crippen LogP contribution in [0.15, 0.2) is 18.2 Å². The zero-order chi connectivity index (χ0) is 15.6. The molecule has 2 nitrogen and oxygen atoms in total. The molecule has 1 aliphatic carbocycles. The lowest BCUT2D eigenvalue weighted by Gasteiger charge is -2.42. The Morgan fingerprint density at radius 3 is 2.52 bits per heavy atom. The Kier molecular flexibility index (Phi) is 4.92. The van der Waals surface area contributed by atoms with Crippen molar-refractivity contribution in [2.75, 3.05) is 13.7 Å². The molecule has 21 heavy (non-hydrogen) atoms. The van der Waals surface area contributed by atoms with Crippen LogP contribution in [-0.2, 0) is 0 Å². The Balaban J connectivity index is 2.29. The van der Waals surface area contributed by atoms with E-state index in [1.165, 1.54) is 12.5 Å². The minimum absolute atomic E-state index is 0.160. The van der Waals surface area contributed by atoms with Gasteiger partial charge in [0.2, 0.25) is 0 Å². The van der Waals surface area contributed by atoms with E-state index in [4.69, 9.17) is 10.5 Å². The highest BCUT2D eigenvalue weighted by Crippen LogP contribution is 2.47. The molecule has 0 radical (unpaired) electrons. The van der Waals surface area contributed by atoms with Crippen LogP contribution >= 0.6 is 0 Å². The second-order valence-electron chi connectivity index (χ2n) is 7.37. The van der Waals surface area contributed by atoms with Crippen LogP contribution in [0.1, 0.15) is 51.5 Å². The normalized spacial score (nSPS) is 26.7. The third kappa shape index (κ3) is 3.57. The summed E-state index contributed by atoms with van der Waals surface area (Å²) in [5.41, 5.74) is 7.01. The van der Waals surface area contributed by atoms with Gasteiger partial charge >= 0.3 is 0 Å². The summed E-state index contributed by atoms with van der Waals surface area (Å²) >= 11 is 0. The van der Waals surface area contributed by atoms with Gasteiger partial charge in [-0.3, -0.25) is 0 Å². The average molecular weight is 293 g/mol. The van der Waals surface area contributed by atoms with Crippen LogP contribution < -0.4 is 10.5 Å². The highest BCUT2D eigenvalue weighted by Gasteiger charge is 2.37. The molecular formula is C18H28FNO. The van der Waals surface area contributed by atoms with Gasteiger partial charge in [-0.15, -0.1) is 0 Å². The van der Waals surface area contributed by atoms with Gasteiger partial charge in [0.15, 0.2) is 0 Å². The van der Waals surface area contributed by atoms with E-state index in [-0.39, 0.29) is 17.2 Å². The van der Waals surface area contributed by atoms with Crippen LogP contribution in [0.25, 0.3) is 0 Å². The Hall–Kier alpha value is -1.09. The van der Waals surface area contributed by atoms with Gasteiger partial charge in [0.05, 0.1) is 7.11 Å². The SMILES string of the molecule is COc1ccc(C2CC(C(C)(C)C)CCC2CN)c(F)c1. The first-order valence-electron chi connectivity index (χ1n) is 7.90. The molecule has 3 unspecified atom stereocenters. The van der Waals surface area contributed by atoms with Crippen molar-refractivity contribution in [1.29, 1.82) is 0 Å². The molecule has 0 heterocycles. The first kappa shape index (κ1) is 16.3. The van der Waals surface area contributed by atoms with E-state index < -0.39 is 0 Å². The second-order valence-corrected chi connectivity index (χ2v) is 7.37. The summed E-state index contributed by atoms with van der Waals surface area (Å²) in [6.45, 7) is 7.47. The predicted octanol–water partition coefficient (Wildman–Crippen LogP) is 4.34. The van der Waals surface area contributed by atoms with E-state index in [9.17, 15) is 4.39 Å². The lowest BCUT2D eigenvalue weighted by molar-refractivity contribution is 0.131. The Morgan fingerprint density at radius 1 is 1.29 bits per heavy atom.